The third-order valence-electron chi connectivity index (χ3n) is 6.16. The minimum atomic E-state index is -0.393. The molecule has 6 nitrogen and oxygen atoms in total. The van der Waals surface area contributed by atoms with Gasteiger partial charge in [0.1, 0.15) is 17.6 Å². The summed E-state index contributed by atoms with van der Waals surface area (Å²) in [6, 6.07) is 6.04. The van der Waals surface area contributed by atoms with Crippen molar-refractivity contribution in [3.63, 3.8) is 0 Å². The van der Waals surface area contributed by atoms with Gasteiger partial charge in [0.2, 0.25) is 5.91 Å². The Labute approximate surface area is 170 Å². The standard InChI is InChI=1S/C22H27FN4O2/c1-14-7-10-26(11-8-14)22(29)20-4-3-9-27(20)21(28)19-13-18(24-25-19)16-5-6-17(23)15(2)12-16/h5-6,12-14,20H,3-4,7-11H2,1-2H3,(H,24,25)/t20-/m1/s1. The van der Waals surface area contributed by atoms with Crippen LogP contribution in [-0.2, 0) is 4.79 Å². The smallest absolute Gasteiger partial charge is 0.272 e. The van der Waals surface area contributed by atoms with Crippen molar-refractivity contribution in [3.05, 3.63) is 41.3 Å². The van der Waals surface area contributed by atoms with Gasteiger partial charge in [0, 0.05) is 25.2 Å². The number of aryl methyl sites for hydroxylation is 1. The maximum Gasteiger partial charge on any atom is 0.272 e. The van der Waals surface area contributed by atoms with Crippen LogP contribution in [0.15, 0.2) is 24.3 Å². The highest BCUT2D eigenvalue weighted by atomic mass is 19.1. The van der Waals surface area contributed by atoms with Crippen LogP contribution < -0.4 is 0 Å². The Morgan fingerprint density at radius 1 is 1.14 bits per heavy atom. The summed E-state index contributed by atoms with van der Waals surface area (Å²) in [5.74, 6) is 0.241. The van der Waals surface area contributed by atoms with E-state index < -0.39 is 6.04 Å². The molecule has 2 aliphatic rings. The molecule has 2 saturated heterocycles. The molecular weight excluding hydrogens is 371 g/mol. The minimum Gasteiger partial charge on any atom is -0.341 e. The maximum absolute atomic E-state index is 13.5. The predicted octanol–water partition coefficient (Wildman–Crippen LogP) is 3.39. The third-order valence-corrected chi connectivity index (χ3v) is 6.16. The lowest BCUT2D eigenvalue weighted by Crippen LogP contribution is -2.49. The van der Waals surface area contributed by atoms with Crippen LogP contribution in [0, 0.1) is 18.7 Å². The topological polar surface area (TPSA) is 69.3 Å². The van der Waals surface area contributed by atoms with E-state index in [1.54, 1.807) is 30.0 Å². The number of carbonyl (C=O) groups excluding carboxylic acids is 2. The largest absolute Gasteiger partial charge is 0.341 e. The van der Waals surface area contributed by atoms with E-state index in [1.807, 2.05) is 4.90 Å². The van der Waals surface area contributed by atoms with Crippen molar-refractivity contribution in [1.82, 2.24) is 20.0 Å². The van der Waals surface area contributed by atoms with Crippen molar-refractivity contribution in [2.45, 2.75) is 45.6 Å². The molecule has 0 bridgehead atoms. The highest BCUT2D eigenvalue weighted by Gasteiger charge is 2.38. The van der Waals surface area contributed by atoms with Crippen molar-refractivity contribution in [2.24, 2.45) is 5.92 Å². The normalized spacial score (nSPS) is 20.3. The molecule has 2 fully saturated rings. The van der Waals surface area contributed by atoms with E-state index in [9.17, 15) is 14.0 Å². The number of nitrogens with zero attached hydrogens (tertiary/aromatic N) is 3. The van der Waals surface area contributed by atoms with Crippen LogP contribution in [0.25, 0.3) is 11.3 Å². The number of nitrogens with one attached hydrogen (secondary N) is 1. The molecule has 7 heteroatoms. The molecular formula is C22H27FN4O2. The molecule has 1 N–H and O–H groups in total. The molecule has 1 aromatic heterocycles. The van der Waals surface area contributed by atoms with Gasteiger partial charge in [0.05, 0.1) is 5.69 Å². The molecule has 0 aliphatic carbocycles. The van der Waals surface area contributed by atoms with Crippen molar-refractivity contribution in [1.29, 1.82) is 0 Å². The number of hydrogen-bond donors (Lipinski definition) is 1. The first-order valence-corrected chi connectivity index (χ1v) is 10.4. The van der Waals surface area contributed by atoms with E-state index in [0.717, 1.165) is 37.9 Å². The van der Waals surface area contributed by atoms with Crippen LogP contribution in [-0.4, -0.2) is 57.5 Å². The number of piperidine rings is 1. The number of likely N-dealkylation sites (tertiary alicyclic amines) is 2. The lowest BCUT2D eigenvalue weighted by Gasteiger charge is -2.34. The summed E-state index contributed by atoms with van der Waals surface area (Å²) in [4.78, 5) is 29.7. The number of aromatic nitrogens is 2. The van der Waals surface area contributed by atoms with E-state index in [1.165, 1.54) is 6.07 Å². The highest BCUT2D eigenvalue weighted by molar-refractivity contribution is 5.97. The van der Waals surface area contributed by atoms with E-state index in [0.29, 0.717) is 35.8 Å². The number of benzene rings is 1. The van der Waals surface area contributed by atoms with Crippen molar-refractivity contribution in [3.8, 4) is 11.3 Å². The number of amides is 2. The summed E-state index contributed by atoms with van der Waals surface area (Å²) < 4.78 is 13.5. The second-order valence-corrected chi connectivity index (χ2v) is 8.30. The Bertz CT molecular complexity index is 917. The molecule has 2 aromatic rings. The number of H-pyrrole nitrogens is 1. The third kappa shape index (κ3) is 3.91. The van der Waals surface area contributed by atoms with Crippen molar-refractivity contribution < 1.29 is 14.0 Å². The summed E-state index contributed by atoms with van der Waals surface area (Å²) in [7, 11) is 0. The first kappa shape index (κ1) is 19.6. The van der Waals surface area contributed by atoms with Gasteiger partial charge >= 0.3 is 0 Å². The monoisotopic (exact) mass is 398 g/mol. The Morgan fingerprint density at radius 3 is 2.62 bits per heavy atom. The Kier molecular flexibility index (Phi) is 5.39. The van der Waals surface area contributed by atoms with Crippen LogP contribution >= 0.6 is 0 Å². The van der Waals surface area contributed by atoms with Gasteiger partial charge in [-0.25, -0.2) is 4.39 Å². The fourth-order valence-corrected chi connectivity index (χ4v) is 4.24. The van der Waals surface area contributed by atoms with Crippen molar-refractivity contribution in [2.75, 3.05) is 19.6 Å². The van der Waals surface area contributed by atoms with Crippen LogP contribution in [0.4, 0.5) is 4.39 Å². The lowest BCUT2D eigenvalue weighted by atomic mass is 9.98. The molecule has 2 amide bonds. The van der Waals surface area contributed by atoms with E-state index >= 15 is 0 Å². The summed E-state index contributed by atoms with van der Waals surface area (Å²) in [6.07, 6.45) is 3.57. The molecule has 0 unspecified atom stereocenters. The summed E-state index contributed by atoms with van der Waals surface area (Å²) >= 11 is 0. The van der Waals surface area contributed by atoms with E-state index in [4.69, 9.17) is 0 Å². The lowest BCUT2D eigenvalue weighted by molar-refractivity contribution is -0.136. The SMILES string of the molecule is Cc1cc(-c2cc(C(=O)N3CCC[C@@H]3C(=O)N3CCC(C)CC3)[nH]n2)ccc1F. The first-order valence-electron chi connectivity index (χ1n) is 10.4. The zero-order chi connectivity index (χ0) is 20.5. The molecule has 2 aliphatic heterocycles. The summed E-state index contributed by atoms with van der Waals surface area (Å²) in [5, 5.41) is 7.03. The molecule has 0 saturated carbocycles. The number of halogens is 1. The average Bonchev–Trinajstić information content (AvgIpc) is 3.39. The Morgan fingerprint density at radius 2 is 1.90 bits per heavy atom. The maximum atomic E-state index is 13.5. The first-order chi connectivity index (χ1) is 13.9. The van der Waals surface area contributed by atoms with Crippen LogP contribution in [0.2, 0.25) is 0 Å². The zero-order valence-electron chi connectivity index (χ0n) is 16.9. The Balaban J connectivity index is 1.49. The number of carbonyl (C=O) groups is 2. The molecule has 3 heterocycles. The van der Waals surface area contributed by atoms with Gasteiger partial charge in [-0.1, -0.05) is 6.92 Å². The van der Waals surface area contributed by atoms with Gasteiger partial charge in [-0.2, -0.15) is 5.10 Å². The molecule has 1 aromatic carbocycles. The fraction of sp³-hybridized carbons (Fsp3) is 0.500. The minimum absolute atomic E-state index is 0.0663. The van der Waals surface area contributed by atoms with Gasteiger partial charge in [-0.05, 0) is 68.4 Å². The van der Waals surface area contributed by atoms with Gasteiger partial charge in [-0.3, -0.25) is 14.7 Å². The molecule has 154 valence electrons. The van der Waals surface area contributed by atoms with Gasteiger partial charge in [0.15, 0.2) is 0 Å². The fourth-order valence-electron chi connectivity index (χ4n) is 4.24. The Hall–Kier alpha value is -2.70. The number of rotatable bonds is 3. The summed E-state index contributed by atoms with van der Waals surface area (Å²) in [6.45, 7) is 6.03. The molecule has 0 radical (unpaired) electrons. The van der Waals surface area contributed by atoms with Crippen molar-refractivity contribution >= 4 is 11.8 Å². The second-order valence-electron chi connectivity index (χ2n) is 8.30. The predicted molar refractivity (Wildman–Crippen MR) is 108 cm³/mol. The van der Waals surface area contributed by atoms with E-state index in [2.05, 4.69) is 17.1 Å². The van der Waals surface area contributed by atoms with Gasteiger partial charge in [0.25, 0.3) is 5.91 Å². The molecule has 29 heavy (non-hydrogen) atoms. The average molecular weight is 398 g/mol. The number of aromatic amines is 1. The number of hydrogen-bond acceptors (Lipinski definition) is 3. The van der Waals surface area contributed by atoms with E-state index in [-0.39, 0.29) is 17.6 Å². The molecule has 1 atom stereocenters. The van der Waals surface area contributed by atoms with Gasteiger partial charge in [-0.15, -0.1) is 0 Å². The van der Waals surface area contributed by atoms with Gasteiger partial charge < -0.3 is 9.80 Å². The van der Waals surface area contributed by atoms with Crippen LogP contribution in [0.3, 0.4) is 0 Å². The zero-order valence-corrected chi connectivity index (χ0v) is 16.9. The quantitative estimate of drug-likeness (QED) is 0.862. The van der Waals surface area contributed by atoms with Crippen LogP contribution in [0.5, 0.6) is 0 Å². The molecule has 4 rings (SSSR count). The highest BCUT2D eigenvalue weighted by Crippen LogP contribution is 2.26. The summed E-state index contributed by atoms with van der Waals surface area (Å²) in [5.41, 5.74) is 2.22. The second kappa shape index (κ2) is 7.97. The molecule has 0 spiro atoms. The van der Waals surface area contributed by atoms with Crippen LogP contribution in [0.1, 0.15) is 48.7 Å².